The van der Waals surface area contributed by atoms with Crippen molar-refractivity contribution in [1.82, 2.24) is 4.98 Å². The summed E-state index contributed by atoms with van der Waals surface area (Å²) >= 11 is 0. The van der Waals surface area contributed by atoms with Crippen LogP contribution in [0.4, 0.5) is 0 Å². The fourth-order valence-corrected chi connectivity index (χ4v) is 2.25. The zero-order valence-electron chi connectivity index (χ0n) is 13.7. The van der Waals surface area contributed by atoms with Crippen molar-refractivity contribution in [2.45, 2.75) is 58.3 Å². The first-order chi connectivity index (χ1) is 9.53. The number of nitrogens with zero attached hydrogens (tertiary/aromatic N) is 1. The third-order valence-electron chi connectivity index (χ3n) is 4.22. The number of hydrogen-bond donors (Lipinski definition) is 1. The van der Waals surface area contributed by atoms with Gasteiger partial charge in [0.25, 0.3) is 0 Å². The Morgan fingerprint density at radius 3 is 2.29 bits per heavy atom. The molecule has 0 aliphatic carbocycles. The maximum Gasteiger partial charge on any atom is 0.487 e. The lowest BCUT2D eigenvalue weighted by molar-refractivity contribution is 0.00578. The van der Waals surface area contributed by atoms with Crippen LogP contribution in [0.3, 0.4) is 0 Å². The van der Waals surface area contributed by atoms with Gasteiger partial charge in [-0.25, -0.2) is 0 Å². The van der Waals surface area contributed by atoms with E-state index in [4.69, 9.17) is 9.31 Å². The van der Waals surface area contributed by atoms with Gasteiger partial charge in [0.05, 0.1) is 16.8 Å². The van der Waals surface area contributed by atoms with Crippen molar-refractivity contribution >= 4 is 13.2 Å². The quantitative estimate of drug-likeness (QED) is 0.869. The SMILES string of the molecule is CC(C)(O)c1ccncc1/C=C/B1OC(C)(C)C(C)(C)O1. The van der Waals surface area contributed by atoms with Crippen LogP contribution >= 0.6 is 0 Å². The van der Waals surface area contributed by atoms with Gasteiger partial charge in [-0.3, -0.25) is 4.98 Å². The van der Waals surface area contributed by atoms with Crippen LogP contribution in [-0.2, 0) is 14.9 Å². The number of rotatable bonds is 3. The molecule has 1 N–H and O–H groups in total. The zero-order valence-corrected chi connectivity index (χ0v) is 13.7. The van der Waals surface area contributed by atoms with Crippen molar-refractivity contribution in [2.24, 2.45) is 0 Å². The molecule has 0 bridgehead atoms. The van der Waals surface area contributed by atoms with Crippen molar-refractivity contribution < 1.29 is 14.4 Å². The minimum Gasteiger partial charge on any atom is -0.400 e. The average molecular weight is 289 g/mol. The molecule has 0 aromatic carbocycles. The third-order valence-corrected chi connectivity index (χ3v) is 4.22. The molecule has 1 aromatic heterocycles. The first-order valence-electron chi connectivity index (χ1n) is 7.24. The van der Waals surface area contributed by atoms with Crippen molar-refractivity contribution in [3.8, 4) is 0 Å². The predicted molar refractivity (Wildman–Crippen MR) is 84.6 cm³/mol. The topological polar surface area (TPSA) is 51.6 Å². The molecule has 0 unspecified atom stereocenters. The second-order valence-corrected chi connectivity index (χ2v) is 7.01. The van der Waals surface area contributed by atoms with Gasteiger partial charge in [0.1, 0.15) is 0 Å². The number of pyridine rings is 1. The standard InChI is InChI=1S/C16H24BNO3/c1-14(2,19)13-8-10-18-11-12(13)7-9-17-20-15(3,4)16(5,6)21-17/h7-11,19H,1-6H3/b9-7+. The molecule has 1 aliphatic heterocycles. The van der Waals surface area contributed by atoms with E-state index in [2.05, 4.69) is 4.98 Å². The Balaban J connectivity index is 2.21. The van der Waals surface area contributed by atoms with E-state index in [9.17, 15) is 5.11 Å². The number of aromatic nitrogens is 1. The van der Waals surface area contributed by atoms with Crippen molar-refractivity contribution in [3.63, 3.8) is 0 Å². The highest BCUT2D eigenvalue weighted by Crippen LogP contribution is 2.37. The van der Waals surface area contributed by atoms with E-state index >= 15 is 0 Å². The van der Waals surface area contributed by atoms with Crippen LogP contribution in [-0.4, -0.2) is 28.4 Å². The van der Waals surface area contributed by atoms with Gasteiger partial charge < -0.3 is 14.4 Å². The van der Waals surface area contributed by atoms with Gasteiger partial charge in [-0.2, -0.15) is 0 Å². The second-order valence-electron chi connectivity index (χ2n) is 7.01. The fourth-order valence-electron chi connectivity index (χ4n) is 2.25. The minimum atomic E-state index is -0.918. The summed E-state index contributed by atoms with van der Waals surface area (Å²) in [6, 6.07) is 1.82. The maximum atomic E-state index is 10.2. The molecule has 114 valence electrons. The highest BCUT2D eigenvalue weighted by Gasteiger charge is 2.50. The Kier molecular flexibility index (Phi) is 4.04. The van der Waals surface area contributed by atoms with Crippen molar-refractivity contribution in [3.05, 3.63) is 35.6 Å². The molecule has 1 aromatic rings. The predicted octanol–water partition coefficient (Wildman–Crippen LogP) is 2.95. The highest BCUT2D eigenvalue weighted by molar-refractivity contribution is 6.52. The summed E-state index contributed by atoms with van der Waals surface area (Å²) in [7, 11) is -0.398. The molecule has 1 aliphatic rings. The summed E-state index contributed by atoms with van der Waals surface area (Å²) < 4.78 is 11.8. The normalized spacial score (nSPS) is 21.2. The second kappa shape index (κ2) is 5.23. The van der Waals surface area contributed by atoms with Crippen LogP contribution in [0.25, 0.3) is 6.08 Å². The summed E-state index contributed by atoms with van der Waals surface area (Å²) in [4.78, 5) is 4.12. The number of hydrogen-bond acceptors (Lipinski definition) is 4. The van der Waals surface area contributed by atoms with Gasteiger partial charge in [0, 0.05) is 12.4 Å². The van der Waals surface area contributed by atoms with Gasteiger partial charge in [-0.15, -0.1) is 0 Å². The van der Waals surface area contributed by atoms with Gasteiger partial charge in [0.2, 0.25) is 0 Å². The first kappa shape index (κ1) is 16.2. The van der Waals surface area contributed by atoms with E-state index < -0.39 is 12.7 Å². The summed E-state index contributed by atoms with van der Waals surface area (Å²) in [5.74, 6) is 1.86. The van der Waals surface area contributed by atoms with Gasteiger partial charge in [-0.05, 0) is 58.7 Å². The molecule has 2 heterocycles. The average Bonchev–Trinajstić information content (AvgIpc) is 2.54. The number of aliphatic hydroxyl groups is 1. The van der Waals surface area contributed by atoms with E-state index in [-0.39, 0.29) is 11.2 Å². The van der Waals surface area contributed by atoms with E-state index in [1.807, 2.05) is 45.8 Å². The molecule has 2 rings (SSSR count). The van der Waals surface area contributed by atoms with Crippen LogP contribution in [0.5, 0.6) is 0 Å². The molecule has 21 heavy (non-hydrogen) atoms. The summed E-state index contributed by atoms with van der Waals surface area (Å²) in [6.07, 6.45) is 5.30. The molecule has 0 amide bonds. The Morgan fingerprint density at radius 1 is 1.19 bits per heavy atom. The van der Waals surface area contributed by atoms with Crippen LogP contribution < -0.4 is 0 Å². The van der Waals surface area contributed by atoms with E-state index in [1.165, 1.54) is 0 Å². The Morgan fingerprint density at radius 2 is 1.76 bits per heavy atom. The molecule has 4 nitrogen and oxygen atoms in total. The highest BCUT2D eigenvalue weighted by atomic mass is 16.7. The molecular formula is C16H24BNO3. The van der Waals surface area contributed by atoms with E-state index in [0.29, 0.717) is 0 Å². The Labute approximate surface area is 127 Å². The van der Waals surface area contributed by atoms with Gasteiger partial charge in [-0.1, -0.05) is 12.1 Å². The van der Waals surface area contributed by atoms with Gasteiger partial charge >= 0.3 is 7.12 Å². The van der Waals surface area contributed by atoms with Crippen molar-refractivity contribution in [2.75, 3.05) is 0 Å². The lowest BCUT2D eigenvalue weighted by atomic mass is 9.87. The summed E-state index contributed by atoms with van der Waals surface area (Å²) in [5.41, 5.74) is 0.0647. The lowest BCUT2D eigenvalue weighted by Gasteiger charge is -2.32. The molecular weight excluding hydrogens is 265 g/mol. The molecule has 1 saturated heterocycles. The largest absolute Gasteiger partial charge is 0.487 e. The summed E-state index contributed by atoms with van der Waals surface area (Å²) in [5, 5.41) is 10.2. The van der Waals surface area contributed by atoms with Crippen LogP contribution in [0.15, 0.2) is 24.4 Å². The third kappa shape index (κ3) is 3.36. The molecule has 0 radical (unpaired) electrons. The van der Waals surface area contributed by atoms with E-state index in [1.54, 1.807) is 26.2 Å². The van der Waals surface area contributed by atoms with Crippen molar-refractivity contribution in [1.29, 1.82) is 0 Å². The Bertz CT molecular complexity index is 531. The van der Waals surface area contributed by atoms with Gasteiger partial charge in [0.15, 0.2) is 0 Å². The smallest absolute Gasteiger partial charge is 0.400 e. The maximum absolute atomic E-state index is 10.2. The monoisotopic (exact) mass is 289 g/mol. The molecule has 5 heteroatoms. The van der Waals surface area contributed by atoms with Crippen LogP contribution in [0.1, 0.15) is 52.7 Å². The van der Waals surface area contributed by atoms with Crippen LogP contribution in [0, 0.1) is 0 Å². The fraction of sp³-hybridized carbons (Fsp3) is 0.562. The van der Waals surface area contributed by atoms with Crippen LogP contribution in [0.2, 0.25) is 0 Å². The molecule has 1 fully saturated rings. The van der Waals surface area contributed by atoms with E-state index in [0.717, 1.165) is 11.1 Å². The summed E-state index contributed by atoms with van der Waals surface area (Å²) in [6.45, 7) is 11.6. The molecule has 0 spiro atoms. The minimum absolute atomic E-state index is 0.351. The Hall–Kier alpha value is -1.17. The molecule has 0 atom stereocenters. The lowest BCUT2D eigenvalue weighted by Crippen LogP contribution is -2.41. The zero-order chi connectivity index (χ0) is 15.9. The molecule has 0 saturated carbocycles. The first-order valence-corrected chi connectivity index (χ1v) is 7.24.